The summed E-state index contributed by atoms with van der Waals surface area (Å²) in [6.07, 6.45) is 3.21. The van der Waals surface area contributed by atoms with E-state index in [1.54, 1.807) is 0 Å². The molecular weight excluding hydrogens is 198 g/mol. The number of hydrogen-bond donors (Lipinski definition) is 1. The predicted molar refractivity (Wildman–Crippen MR) is 56.9 cm³/mol. The van der Waals surface area contributed by atoms with Crippen LogP contribution in [0.25, 0.3) is 0 Å². The number of rotatable bonds is 1. The standard InChI is InChI=1S/C10H19NO2S/c1-8-6-9(2-4-11-8)10-3-5-14(12,13)7-10/h8-11H,2-7H2,1H3. The summed E-state index contributed by atoms with van der Waals surface area (Å²) in [6.45, 7) is 3.25. The second-order valence-electron chi connectivity index (χ2n) is 4.80. The molecule has 2 fully saturated rings. The first-order chi connectivity index (χ1) is 6.57. The van der Waals surface area contributed by atoms with Crippen molar-refractivity contribution < 1.29 is 8.42 Å². The average Bonchev–Trinajstić information content (AvgIpc) is 2.46. The fourth-order valence-corrected chi connectivity index (χ4v) is 4.71. The van der Waals surface area contributed by atoms with Gasteiger partial charge in [0.2, 0.25) is 0 Å². The summed E-state index contributed by atoms with van der Waals surface area (Å²) >= 11 is 0. The molecule has 3 unspecified atom stereocenters. The third-order valence-electron chi connectivity index (χ3n) is 3.60. The van der Waals surface area contributed by atoms with Gasteiger partial charge in [-0.1, -0.05) is 0 Å². The van der Waals surface area contributed by atoms with E-state index in [4.69, 9.17) is 0 Å². The van der Waals surface area contributed by atoms with Gasteiger partial charge in [-0.15, -0.1) is 0 Å². The molecule has 0 bridgehead atoms. The van der Waals surface area contributed by atoms with E-state index < -0.39 is 9.84 Å². The summed E-state index contributed by atoms with van der Waals surface area (Å²) < 4.78 is 22.7. The molecule has 4 heteroatoms. The molecule has 2 heterocycles. The molecule has 0 aromatic carbocycles. The second kappa shape index (κ2) is 3.81. The van der Waals surface area contributed by atoms with E-state index in [-0.39, 0.29) is 0 Å². The highest BCUT2D eigenvalue weighted by atomic mass is 32.2. The Morgan fingerprint density at radius 2 is 2.00 bits per heavy atom. The zero-order valence-electron chi connectivity index (χ0n) is 8.70. The van der Waals surface area contributed by atoms with Gasteiger partial charge in [0.15, 0.2) is 9.84 Å². The number of nitrogens with one attached hydrogen (secondary N) is 1. The third kappa shape index (κ3) is 2.28. The summed E-state index contributed by atoms with van der Waals surface area (Å²) in [5.41, 5.74) is 0. The van der Waals surface area contributed by atoms with E-state index in [9.17, 15) is 8.42 Å². The largest absolute Gasteiger partial charge is 0.314 e. The summed E-state index contributed by atoms with van der Waals surface area (Å²) in [4.78, 5) is 0. The lowest BCUT2D eigenvalue weighted by atomic mass is 9.82. The monoisotopic (exact) mass is 217 g/mol. The van der Waals surface area contributed by atoms with Crippen molar-refractivity contribution in [3.8, 4) is 0 Å². The minimum atomic E-state index is -2.68. The van der Waals surface area contributed by atoms with Crippen molar-refractivity contribution in [2.45, 2.75) is 32.2 Å². The highest BCUT2D eigenvalue weighted by molar-refractivity contribution is 7.91. The van der Waals surface area contributed by atoms with E-state index >= 15 is 0 Å². The molecule has 3 atom stereocenters. The molecule has 0 saturated carbocycles. The van der Waals surface area contributed by atoms with Crippen molar-refractivity contribution in [1.82, 2.24) is 5.32 Å². The molecule has 0 aliphatic carbocycles. The molecule has 82 valence electrons. The van der Waals surface area contributed by atoms with Gasteiger partial charge in [0.25, 0.3) is 0 Å². The minimum absolute atomic E-state index is 0.427. The van der Waals surface area contributed by atoms with E-state index in [2.05, 4.69) is 12.2 Å². The van der Waals surface area contributed by atoms with Crippen LogP contribution in [0.5, 0.6) is 0 Å². The molecule has 14 heavy (non-hydrogen) atoms. The molecule has 2 rings (SSSR count). The maximum absolute atomic E-state index is 11.3. The van der Waals surface area contributed by atoms with Crippen LogP contribution in [0.2, 0.25) is 0 Å². The zero-order chi connectivity index (χ0) is 10.2. The topological polar surface area (TPSA) is 46.2 Å². The van der Waals surface area contributed by atoms with Gasteiger partial charge in [-0.3, -0.25) is 0 Å². The first-order valence-electron chi connectivity index (χ1n) is 5.50. The van der Waals surface area contributed by atoms with Crippen molar-refractivity contribution in [3.63, 3.8) is 0 Å². The Morgan fingerprint density at radius 1 is 1.21 bits per heavy atom. The van der Waals surface area contributed by atoms with E-state index in [1.807, 2.05) is 0 Å². The van der Waals surface area contributed by atoms with Crippen molar-refractivity contribution in [2.24, 2.45) is 11.8 Å². The molecule has 0 radical (unpaired) electrons. The Hall–Kier alpha value is -0.0900. The van der Waals surface area contributed by atoms with Gasteiger partial charge in [-0.25, -0.2) is 8.42 Å². The maximum Gasteiger partial charge on any atom is 0.150 e. The number of sulfone groups is 1. The molecule has 1 N–H and O–H groups in total. The van der Waals surface area contributed by atoms with Gasteiger partial charge in [0.05, 0.1) is 11.5 Å². The van der Waals surface area contributed by atoms with Crippen LogP contribution in [-0.4, -0.2) is 32.5 Å². The molecule has 2 aliphatic rings. The van der Waals surface area contributed by atoms with E-state index in [0.717, 1.165) is 25.8 Å². The summed E-state index contributed by atoms with van der Waals surface area (Å²) in [5, 5.41) is 3.41. The van der Waals surface area contributed by atoms with Gasteiger partial charge in [0, 0.05) is 6.04 Å². The quantitative estimate of drug-likeness (QED) is 0.707. The molecular formula is C10H19NO2S. The smallest absolute Gasteiger partial charge is 0.150 e. The van der Waals surface area contributed by atoms with Crippen molar-refractivity contribution >= 4 is 9.84 Å². The Balaban J connectivity index is 1.96. The fourth-order valence-electron chi connectivity index (χ4n) is 2.79. The highest BCUT2D eigenvalue weighted by Crippen LogP contribution is 2.32. The Morgan fingerprint density at radius 3 is 2.57 bits per heavy atom. The van der Waals surface area contributed by atoms with Crippen LogP contribution in [0, 0.1) is 11.8 Å². The SMILES string of the molecule is CC1CC(C2CCS(=O)(=O)C2)CCN1. The van der Waals surface area contributed by atoms with Crippen LogP contribution in [0.3, 0.4) is 0 Å². The normalized spacial score (nSPS) is 42.5. The number of hydrogen-bond acceptors (Lipinski definition) is 3. The van der Waals surface area contributed by atoms with Gasteiger partial charge in [-0.05, 0) is 44.6 Å². The maximum atomic E-state index is 11.3. The van der Waals surface area contributed by atoms with Gasteiger partial charge < -0.3 is 5.32 Å². The summed E-state index contributed by atoms with van der Waals surface area (Å²) in [6, 6.07) is 0.567. The van der Waals surface area contributed by atoms with E-state index in [0.29, 0.717) is 29.4 Å². The summed E-state index contributed by atoms with van der Waals surface area (Å²) in [5.74, 6) is 1.97. The van der Waals surface area contributed by atoms with Gasteiger partial charge >= 0.3 is 0 Å². The molecule has 0 aromatic rings. The van der Waals surface area contributed by atoms with Crippen LogP contribution >= 0.6 is 0 Å². The van der Waals surface area contributed by atoms with Crippen molar-refractivity contribution in [2.75, 3.05) is 18.1 Å². The first-order valence-corrected chi connectivity index (χ1v) is 7.33. The van der Waals surface area contributed by atoms with Crippen LogP contribution in [-0.2, 0) is 9.84 Å². The van der Waals surface area contributed by atoms with Crippen LogP contribution in [0.15, 0.2) is 0 Å². The van der Waals surface area contributed by atoms with Crippen LogP contribution in [0.1, 0.15) is 26.2 Å². The molecule has 3 nitrogen and oxygen atoms in total. The molecule has 0 amide bonds. The minimum Gasteiger partial charge on any atom is -0.314 e. The fraction of sp³-hybridized carbons (Fsp3) is 1.00. The Kier molecular flexibility index (Phi) is 2.84. The second-order valence-corrected chi connectivity index (χ2v) is 7.03. The lowest BCUT2D eigenvalue weighted by molar-refractivity contribution is 0.243. The van der Waals surface area contributed by atoms with Crippen molar-refractivity contribution in [1.29, 1.82) is 0 Å². The first kappa shape index (κ1) is 10.4. The molecule has 0 aromatic heterocycles. The third-order valence-corrected chi connectivity index (χ3v) is 5.39. The number of piperidine rings is 1. The average molecular weight is 217 g/mol. The summed E-state index contributed by atoms with van der Waals surface area (Å²) in [7, 11) is -2.68. The van der Waals surface area contributed by atoms with Gasteiger partial charge in [-0.2, -0.15) is 0 Å². The molecule has 2 saturated heterocycles. The Labute approximate surface area is 86.2 Å². The lowest BCUT2D eigenvalue weighted by Gasteiger charge is -2.31. The zero-order valence-corrected chi connectivity index (χ0v) is 9.52. The molecule has 2 aliphatic heterocycles. The molecule has 0 spiro atoms. The van der Waals surface area contributed by atoms with Crippen molar-refractivity contribution in [3.05, 3.63) is 0 Å². The lowest BCUT2D eigenvalue weighted by Crippen LogP contribution is -2.38. The van der Waals surface area contributed by atoms with Crippen LogP contribution in [0.4, 0.5) is 0 Å². The Bertz CT molecular complexity index is 299. The highest BCUT2D eigenvalue weighted by Gasteiger charge is 2.35. The predicted octanol–water partition coefficient (Wildman–Crippen LogP) is 0.809. The van der Waals surface area contributed by atoms with Crippen LogP contribution < -0.4 is 5.32 Å². The van der Waals surface area contributed by atoms with Gasteiger partial charge in [0.1, 0.15) is 0 Å². The van der Waals surface area contributed by atoms with E-state index in [1.165, 1.54) is 0 Å².